The smallest absolute Gasteiger partial charge is 0.203 e. The third-order valence-corrected chi connectivity index (χ3v) is 3.51. The van der Waals surface area contributed by atoms with Gasteiger partial charge in [0.05, 0.1) is 12.1 Å². The number of fused-ring (bicyclic) bond motifs is 1. The van der Waals surface area contributed by atoms with Crippen LogP contribution in [0.4, 0.5) is 5.95 Å². The monoisotopic (exact) mass is 232 g/mol. The van der Waals surface area contributed by atoms with E-state index in [2.05, 4.69) is 16.9 Å². The van der Waals surface area contributed by atoms with Gasteiger partial charge in [-0.25, -0.2) is 9.97 Å². The second-order valence-electron chi connectivity index (χ2n) is 4.91. The molecule has 90 valence electrons. The Morgan fingerprint density at radius 2 is 2.35 bits per heavy atom. The summed E-state index contributed by atoms with van der Waals surface area (Å²) in [4.78, 5) is 8.84. The van der Waals surface area contributed by atoms with Crippen LogP contribution in [0.3, 0.4) is 0 Å². The van der Waals surface area contributed by atoms with Crippen LogP contribution in [0.25, 0.3) is 11.2 Å². The van der Waals surface area contributed by atoms with Gasteiger partial charge in [-0.05, 0) is 31.9 Å². The zero-order chi connectivity index (χ0) is 12.0. The summed E-state index contributed by atoms with van der Waals surface area (Å²) in [5, 5.41) is 0. The largest absolute Gasteiger partial charge is 0.379 e. The molecule has 1 aliphatic rings. The van der Waals surface area contributed by atoms with E-state index in [0.717, 1.165) is 29.8 Å². The minimum Gasteiger partial charge on any atom is -0.379 e. The number of aryl methyl sites for hydroxylation is 1. The van der Waals surface area contributed by atoms with Crippen molar-refractivity contribution in [2.45, 2.75) is 25.8 Å². The predicted octanol–water partition coefficient (Wildman–Crippen LogP) is 1.46. The summed E-state index contributed by atoms with van der Waals surface area (Å²) in [6, 6.07) is 1.95. The lowest BCUT2D eigenvalue weighted by Gasteiger charge is -2.25. The molecule has 2 aromatic heterocycles. The molecule has 0 spiro atoms. The van der Waals surface area contributed by atoms with Gasteiger partial charge in [0.2, 0.25) is 5.95 Å². The number of hydrogen-bond donors (Lipinski definition) is 1. The lowest BCUT2D eigenvalue weighted by atomic mass is 10.0. The Labute approximate surface area is 99.6 Å². The Balaban J connectivity index is 2.29. The van der Waals surface area contributed by atoms with E-state index >= 15 is 0 Å². The van der Waals surface area contributed by atoms with Crippen molar-refractivity contribution in [2.75, 3.05) is 18.9 Å². The summed E-state index contributed by atoms with van der Waals surface area (Å²) in [5.74, 6) is 0.523. The van der Waals surface area contributed by atoms with E-state index in [1.54, 1.807) is 6.20 Å². The maximum Gasteiger partial charge on any atom is 0.203 e. The maximum absolute atomic E-state index is 6.04. The first-order chi connectivity index (χ1) is 8.12. The number of hydrogen-bond acceptors (Lipinski definition) is 4. The van der Waals surface area contributed by atoms with Crippen molar-refractivity contribution >= 4 is 17.1 Å². The molecule has 1 atom stereocenters. The number of ether oxygens (including phenoxy) is 1. The average Bonchev–Trinajstić information content (AvgIpc) is 2.83. The van der Waals surface area contributed by atoms with Crippen LogP contribution >= 0.6 is 0 Å². The lowest BCUT2D eigenvalue weighted by molar-refractivity contribution is 0.164. The summed E-state index contributed by atoms with van der Waals surface area (Å²) in [6.45, 7) is 5.59. The van der Waals surface area contributed by atoms with Crippen LogP contribution in [0.5, 0.6) is 0 Å². The molecule has 2 aromatic rings. The molecule has 1 fully saturated rings. The first-order valence-electron chi connectivity index (χ1n) is 5.79. The van der Waals surface area contributed by atoms with E-state index in [4.69, 9.17) is 10.5 Å². The molecule has 0 aromatic carbocycles. The minimum atomic E-state index is -0.125. The minimum absolute atomic E-state index is 0.125. The quantitative estimate of drug-likeness (QED) is 0.808. The maximum atomic E-state index is 6.04. The number of nitrogen functional groups attached to an aromatic ring is 1. The summed E-state index contributed by atoms with van der Waals surface area (Å²) < 4.78 is 7.50. The van der Waals surface area contributed by atoms with Crippen molar-refractivity contribution < 1.29 is 4.74 Å². The number of imidazole rings is 1. The first-order valence-corrected chi connectivity index (χ1v) is 5.79. The molecule has 0 amide bonds. The van der Waals surface area contributed by atoms with Crippen LogP contribution in [0.2, 0.25) is 0 Å². The molecule has 0 aliphatic carbocycles. The number of nitrogens with two attached hydrogens (primary N) is 1. The van der Waals surface area contributed by atoms with E-state index in [1.807, 2.05) is 17.6 Å². The Morgan fingerprint density at radius 1 is 1.53 bits per heavy atom. The molecule has 0 saturated carbocycles. The van der Waals surface area contributed by atoms with E-state index < -0.39 is 0 Å². The van der Waals surface area contributed by atoms with E-state index in [0.29, 0.717) is 12.6 Å². The van der Waals surface area contributed by atoms with E-state index in [-0.39, 0.29) is 5.54 Å². The molecule has 5 heteroatoms. The molecule has 3 heterocycles. The highest BCUT2D eigenvalue weighted by Crippen LogP contribution is 2.33. The zero-order valence-electron chi connectivity index (χ0n) is 10.1. The summed E-state index contributed by atoms with van der Waals surface area (Å²) in [7, 11) is 0. The zero-order valence-corrected chi connectivity index (χ0v) is 10.1. The van der Waals surface area contributed by atoms with Gasteiger partial charge in [0.25, 0.3) is 0 Å². The first kappa shape index (κ1) is 10.5. The summed E-state index contributed by atoms with van der Waals surface area (Å²) >= 11 is 0. The molecule has 2 N–H and O–H groups in total. The molecule has 0 radical (unpaired) electrons. The van der Waals surface area contributed by atoms with Crippen molar-refractivity contribution in [3.05, 3.63) is 17.8 Å². The molecule has 17 heavy (non-hydrogen) atoms. The van der Waals surface area contributed by atoms with Crippen LogP contribution in [-0.2, 0) is 10.3 Å². The van der Waals surface area contributed by atoms with Gasteiger partial charge in [-0.2, -0.15) is 0 Å². The van der Waals surface area contributed by atoms with Gasteiger partial charge in [-0.1, -0.05) is 0 Å². The number of anilines is 1. The van der Waals surface area contributed by atoms with Gasteiger partial charge in [0.1, 0.15) is 5.52 Å². The number of aromatic nitrogens is 3. The average molecular weight is 232 g/mol. The Kier molecular flexibility index (Phi) is 2.13. The molecule has 3 rings (SSSR count). The molecule has 1 unspecified atom stereocenters. The highest BCUT2D eigenvalue weighted by Gasteiger charge is 2.35. The highest BCUT2D eigenvalue weighted by atomic mass is 16.5. The highest BCUT2D eigenvalue weighted by molar-refractivity contribution is 5.77. The molecule has 5 nitrogen and oxygen atoms in total. The fraction of sp³-hybridized carbons (Fsp3) is 0.500. The second kappa shape index (κ2) is 3.43. The number of pyridine rings is 1. The van der Waals surface area contributed by atoms with Crippen LogP contribution in [-0.4, -0.2) is 27.7 Å². The third-order valence-electron chi connectivity index (χ3n) is 3.51. The van der Waals surface area contributed by atoms with Crippen LogP contribution in [0.15, 0.2) is 12.3 Å². The van der Waals surface area contributed by atoms with Crippen LogP contribution in [0.1, 0.15) is 18.9 Å². The van der Waals surface area contributed by atoms with E-state index in [1.165, 1.54) is 0 Å². The van der Waals surface area contributed by atoms with Gasteiger partial charge in [-0.15, -0.1) is 0 Å². The van der Waals surface area contributed by atoms with Gasteiger partial charge in [0.15, 0.2) is 5.65 Å². The molecular formula is C12H16N4O. The van der Waals surface area contributed by atoms with Gasteiger partial charge < -0.3 is 10.5 Å². The predicted molar refractivity (Wildman–Crippen MR) is 65.8 cm³/mol. The fourth-order valence-electron chi connectivity index (χ4n) is 2.48. The SMILES string of the molecule is Cc1ccnc2c1nc(N)n2C1(C)CCOC1. The van der Waals surface area contributed by atoms with Crippen LogP contribution < -0.4 is 5.73 Å². The number of nitrogens with zero attached hydrogens (tertiary/aromatic N) is 3. The van der Waals surface area contributed by atoms with Gasteiger partial charge in [-0.3, -0.25) is 4.57 Å². The molecule has 1 saturated heterocycles. The Morgan fingerprint density at radius 3 is 3.06 bits per heavy atom. The normalized spacial score (nSPS) is 24.6. The Hall–Kier alpha value is -1.62. The fourth-order valence-corrected chi connectivity index (χ4v) is 2.48. The number of rotatable bonds is 1. The van der Waals surface area contributed by atoms with Crippen LogP contribution in [0, 0.1) is 6.92 Å². The lowest BCUT2D eigenvalue weighted by Crippen LogP contribution is -2.31. The Bertz CT molecular complexity index is 569. The molecule has 1 aliphatic heterocycles. The third kappa shape index (κ3) is 1.42. The molecular weight excluding hydrogens is 216 g/mol. The molecule has 0 bridgehead atoms. The van der Waals surface area contributed by atoms with E-state index in [9.17, 15) is 0 Å². The van der Waals surface area contributed by atoms with Crippen molar-refractivity contribution in [2.24, 2.45) is 0 Å². The van der Waals surface area contributed by atoms with Crippen molar-refractivity contribution in [3.63, 3.8) is 0 Å². The standard InChI is InChI=1S/C12H16N4O/c1-8-3-5-14-10-9(8)15-11(13)16(10)12(2)4-6-17-7-12/h3,5H,4,6-7H2,1-2H3,(H2,13,15). The van der Waals surface area contributed by atoms with Crippen molar-refractivity contribution in [1.29, 1.82) is 0 Å². The van der Waals surface area contributed by atoms with Crippen molar-refractivity contribution in [1.82, 2.24) is 14.5 Å². The van der Waals surface area contributed by atoms with Crippen molar-refractivity contribution in [3.8, 4) is 0 Å². The summed E-state index contributed by atoms with van der Waals surface area (Å²) in [5.41, 5.74) is 8.76. The van der Waals surface area contributed by atoms with Gasteiger partial charge in [0, 0.05) is 12.8 Å². The second-order valence-corrected chi connectivity index (χ2v) is 4.91. The summed E-state index contributed by atoms with van der Waals surface area (Å²) in [6.07, 6.45) is 2.74. The topological polar surface area (TPSA) is 66.0 Å². The van der Waals surface area contributed by atoms with Gasteiger partial charge >= 0.3 is 0 Å².